The molecule has 4 rings (SSSR count). The van der Waals surface area contributed by atoms with E-state index in [4.69, 9.17) is 9.47 Å². The van der Waals surface area contributed by atoms with Crippen LogP contribution in [0, 0.1) is 0 Å². The Labute approximate surface area is 139 Å². The van der Waals surface area contributed by atoms with Gasteiger partial charge in [0.2, 0.25) is 0 Å². The van der Waals surface area contributed by atoms with Gasteiger partial charge in [-0.1, -0.05) is 0 Å². The van der Waals surface area contributed by atoms with Gasteiger partial charge in [-0.3, -0.25) is 4.40 Å². The number of aromatic nitrogens is 3. The number of imidazole rings is 1. The summed E-state index contributed by atoms with van der Waals surface area (Å²) in [6.07, 6.45) is 5.50. The molecule has 0 bridgehead atoms. The van der Waals surface area contributed by atoms with E-state index in [1.807, 2.05) is 22.9 Å². The van der Waals surface area contributed by atoms with Crippen molar-refractivity contribution >= 4 is 11.5 Å². The molecule has 0 saturated carbocycles. The number of anilines is 1. The van der Waals surface area contributed by atoms with Crippen LogP contribution in [-0.2, 0) is 4.74 Å². The number of hydrogen-bond donors (Lipinski definition) is 1. The van der Waals surface area contributed by atoms with E-state index in [0.29, 0.717) is 19.0 Å². The molecule has 3 aromatic rings. The van der Waals surface area contributed by atoms with Gasteiger partial charge < -0.3 is 19.5 Å². The second kappa shape index (κ2) is 6.01. The zero-order chi connectivity index (χ0) is 16.5. The third-order valence-electron chi connectivity index (χ3n) is 4.20. The van der Waals surface area contributed by atoms with Gasteiger partial charge in [0.25, 0.3) is 0 Å². The van der Waals surface area contributed by atoms with Crippen molar-refractivity contribution in [1.82, 2.24) is 14.4 Å². The molecule has 1 aromatic carbocycles. The Balaban J connectivity index is 1.82. The highest BCUT2D eigenvalue weighted by molar-refractivity contribution is 5.72. The fraction of sp³-hybridized carbons (Fsp3) is 0.294. The third kappa shape index (κ3) is 2.43. The van der Waals surface area contributed by atoms with Gasteiger partial charge in [0.1, 0.15) is 0 Å². The average Bonchev–Trinajstić information content (AvgIpc) is 3.12. The SMILES string of the molecule is COc1cc(-c2cnc(N3CCOCC3)c3nccn23)ccc1O. The Morgan fingerprint density at radius 1 is 1.21 bits per heavy atom. The van der Waals surface area contributed by atoms with Crippen molar-refractivity contribution in [3.63, 3.8) is 0 Å². The molecule has 3 heterocycles. The number of rotatable bonds is 3. The molecule has 1 N–H and O–H groups in total. The minimum atomic E-state index is 0.112. The van der Waals surface area contributed by atoms with E-state index in [0.717, 1.165) is 35.8 Å². The Morgan fingerprint density at radius 2 is 2.04 bits per heavy atom. The fourth-order valence-corrected chi connectivity index (χ4v) is 2.95. The van der Waals surface area contributed by atoms with Crippen molar-refractivity contribution in [3.8, 4) is 22.8 Å². The highest BCUT2D eigenvalue weighted by atomic mass is 16.5. The largest absolute Gasteiger partial charge is 0.504 e. The zero-order valence-electron chi connectivity index (χ0n) is 13.3. The first-order chi connectivity index (χ1) is 11.8. The molecule has 1 saturated heterocycles. The number of phenols is 1. The van der Waals surface area contributed by atoms with Gasteiger partial charge in [-0.15, -0.1) is 0 Å². The standard InChI is InChI=1S/C17H18N4O3/c1-23-15-10-12(2-3-14(15)22)13-11-19-16(17-18-4-5-21(13)17)20-6-8-24-9-7-20/h2-5,10-11,22H,6-9H2,1H3. The van der Waals surface area contributed by atoms with Crippen LogP contribution in [0.25, 0.3) is 16.9 Å². The monoisotopic (exact) mass is 326 g/mol. The number of phenolic OH excluding ortho intramolecular Hbond substituents is 1. The van der Waals surface area contributed by atoms with Gasteiger partial charge in [0, 0.05) is 31.0 Å². The van der Waals surface area contributed by atoms with Crippen LogP contribution in [0.4, 0.5) is 5.82 Å². The van der Waals surface area contributed by atoms with Crippen molar-refractivity contribution in [2.45, 2.75) is 0 Å². The van der Waals surface area contributed by atoms with Crippen LogP contribution in [0.15, 0.2) is 36.8 Å². The van der Waals surface area contributed by atoms with Gasteiger partial charge in [-0.2, -0.15) is 0 Å². The third-order valence-corrected chi connectivity index (χ3v) is 4.20. The summed E-state index contributed by atoms with van der Waals surface area (Å²) in [5.41, 5.74) is 2.59. The van der Waals surface area contributed by atoms with Crippen molar-refractivity contribution in [3.05, 3.63) is 36.8 Å². The lowest BCUT2D eigenvalue weighted by atomic mass is 10.1. The summed E-state index contributed by atoms with van der Waals surface area (Å²) in [6, 6.07) is 5.25. The number of ether oxygens (including phenoxy) is 2. The van der Waals surface area contributed by atoms with Crippen LogP contribution in [0.5, 0.6) is 11.5 Å². The van der Waals surface area contributed by atoms with E-state index >= 15 is 0 Å². The average molecular weight is 326 g/mol. The molecule has 0 amide bonds. The molecule has 0 unspecified atom stereocenters. The van der Waals surface area contributed by atoms with E-state index in [2.05, 4.69) is 14.9 Å². The maximum Gasteiger partial charge on any atom is 0.180 e. The maximum atomic E-state index is 9.79. The zero-order valence-corrected chi connectivity index (χ0v) is 13.3. The predicted octanol–water partition coefficient (Wildman–Crippen LogP) is 1.95. The molecule has 124 valence electrons. The summed E-state index contributed by atoms with van der Waals surface area (Å²) < 4.78 is 12.6. The lowest BCUT2D eigenvalue weighted by Gasteiger charge is -2.28. The van der Waals surface area contributed by atoms with Gasteiger partial charge in [-0.25, -0.2) is 9.97 Å². The molecule has 0 aliphatic carbocycles. The number of morpholine rings is 1. The minimum Gasteiger partial charge on any atom is -0.504 e. The number of hydrogen-bond acceptors (Lipinski definition) is 6. The number of nitrogens with zero attached hydrogens (tertiary/aromatic N) is 4. The second-order valence-corrected chi connectivity index (χ2v) is 5.57. The Morgan fingerprint density at radius 3 is 2.83 bits per heavy atom. The van der Waals surface area contributed by atoms with Gasteiger partial charge in [0.05, 0.1) is 32.2 Å². The number of methoxy groups -OCH3 is 1. The Hall–Kier alpha value is -2.80. The van der Waals surface area contributed by atoms with E-state index in [1.54, 1.807) is 18.3 Å². The first kappa shape index (κ1) is 14.8. The molecular weight excluding hydrogens is 308 g/mol. The normalized spacial score (nSPS) is 15.0. The number of benzene rings is 1. The Kier molecular flexibility index (Phi) is 3.70. The predicted molar refractivity (Wildman–Crippen MR) is 89.7 cm³/mol. The quantitative estimate of drug-likeness (QED) is 0.793. The second-order valence-electron chi connectivity index (χ2n) is 5.57. The van der Waals surface area contributed by atoms with Crippen LogP contribution < -0.4 is 9.64 Å². The topological polar surface area (TPSA) is 72.1 Å². The fourth-order valence-electron chi connectivity index (χ4n) is 2.95. The summed E-state index contributed by atoms with van der Waals surface area (Å²) in [4.78, 5) is 11.3. The highest BCUT2D eigenvalue weighted by Gasteiger charge is 2.18. The maximum absolute atomic E-state index is 9.79. The van der Waals surface area contributed by atoms with Crippen molar-refractivity contribution in [1.29, 1.82) is 0 Å². The van der Waals surface area contributed by atoms with Crippen molar-refractivity contribution < 1.29 is 14.6 Å². The van der Waals surface area contributed by atoms with Gasteiger partial charge in [0.15, 0.2) is 23.0 Å². The van der Waals surface area contributed by atoms with Crippen LogP contribution in [0.2, 0.25) is 0 Å². The molecule has 0 spiro atoms. The minimum absolute atomic E-state index is 0.112. The summed E-state index contributed by atoms with van der Waals surface area (Å²) in [7, 11) is 1.53. The number of fused-ring (bicyclic) bond motifs is 1. The molecule has 0 atom stereocenters. The first-order valence-corrected chi connectivity index (χ1v) is 7.80. The molecule has 1 fully saturated rings. The van der Waals surface area contributed by atoms with Crippen molar-refractivity contribution in [2.24, 2.45) is 0 Å². The smallest absolute Gasteiger partial charge is 0.180 e. The molecule has 24 heavy (non-hydrogen) atoms. The molecule has 7 nitrogen and oxygen atoms in total. The number of aromatic hydroxyl groups is 1. The molecule has 0 radical (unpaired) electrons. The Bertz CT molecular complexity index is 871. The van der Waals surface area contributed by atoms with Crippen LogP contribution in [0.1, 0.15) is 0 Å². The van der Waals surface area contributed by atoms with Gasteiger partial charge >= 0.3 is 0 Å². The highest BCUT2D eigenvalue weighted by Crippen LogP contribution is 2.32. The van der Waals surface area contributed by atoms with Crippen LogP contribution >= 0.6 is 0 Å². The van der Waals surface area contributed by atoms with Crippen LogP contribution in [-0.4, -0.2) is 52.9 Å². The first-order valence-electron chi connectivity index (χ1n) is 7.80. The summed E-state index contributed by atoms with van der Waals surface area (Å²) >= 11 is 0. The van der Waals surface area contributed by atoms with Crippen LogP contribution in [0.3, 0.4) is 0 Å². The summed E-state index contributed by atoms with van der Waals surface area (Å²) in [5, 5.41) is 9.79. The van der Waals surface area contributed by atoms with E-state index < -0.39 is 0 Å². The van der Waals surface area contributed by atoms with E-state index in [9.17, 15) is 5.11 Å². The lowest BCUT2D eigenvalue weighted by Crippen LogP contribution is -2.37. The van der Waals surface area contributed by atoms with Gasteiger partial charge in [-0.05, 0) is 18.2 Å². The lowest BCUT2D eigenvalue weighted by molar-refractivity contribution is 0.122. The van der Waals surface area contributed by atoms with E-state index in [-0.39, 0.29) is 5.75 Å². The molecule has 1 aliphatic rings. The molecule has 1 aliphatic heterocycles. The molecule has 7 heteroatoms. The molecule has 2 aromatic heterocycles. The van der Waals surface area contributed by atoms with Crippen molar-refractivity contribution in [2.75, 3.05) is 38.3 Å². The summed E-state index contributed by atoms with van der Waals surface area (Å²) in [5.74, 6) is 1.40. The molecular formula is C17H18N4O3. The summed E-state index contributed by atoms with van der Waals surface area (Å²) in [6.45, 7) is 3.01. The van der Waals surface area contributed by atoms with E-state index in [1.165, 1.54) is 7.11 Å².